The molecule has 0 amide bonds. The van der Waals surface area contributed by atoms with Crippen LogP contribution in [-0.2, 0) is 32.7 Å². The van der Waals surface area contributed by atoms with E-state index in [-0.39, 0.29) is 19.4 Å². The number of hydrogen-bond donors (Lipinski definition) is 3. The van der Waals surface area contributed by atoms with Crippen molar-refractivity contribution in [3.05, 3.63) is 60.8 Å². The fraction of sp³-hybridized carbons (Fsp3) is 0.727. The highest BCUT2D eigenvalue weighted by Gasteiger charge is 2.27. The summed E-state index contributed by atoms with van der Waals surface area (Å²) in [5.74, 6) is -0.983. The minimum absolute atomic E-state index is 0.131. The van der Waals surface area contributed by atoms with Gasteiger partial charge in [-0.2, -0.15) is 0 Å². The van der Waals surface area contributed by atoms with Gasteiger partial charge in [-0.25, -0.2) is 4.57 Å². The van der Waals surface area contributed by atoms with Crippen LogP contribution in [0.3, 0.4) is 0 Å². The molecule has 0 heterocycles. The minimum atomic E-state index is -4.63. The van der Waals surface area contributed by atoms with Crippen LogP contribution in [0.1, 0.15) is 168 Å². The fourth-order valence-electron chi connectivity index (χ4n) is 5.32. The average molecular weight is 797 g/mol. The van der Waals surface area contributed by atoms with Gasteiger partial charge in [0.25, 0.3) is 0 Å². The van der Waals surface area contributed by atoms with Crippen molar-refractivity contribution < 1.29 is 47.8 Å². The van der Waals surface area contributed by atoms with Gasteiger partial charge in [-0.3, -0.25) is 18.6 Å². The second-order valence-electron chi connectivity index (χ2n) is 14.0. The third-order valence-corrected chi connectivity index (χ3v) is 9.60. The zero-order chi connectivity index (χ0) is 40.5. The smallest absolute Gasteiger partial charge is 0.462 e. The first kappa shape index (κ1) is 52.7. The van der Waals surface area contributed by atoms with E-state index >= 15 is 0 Å². The number of ether oxygens (including phenoxy) is 2. The van der Waals surface area contributed by atoms with Crippen LogP contribution in [0, 0.1) is 0 Å². The zero-order valence-electron chi connectivity index (χ0n) is 34.4. The number of carbonyl (C=O) groups excluding carboxylic acids is 2. The molecular weight excluding hydrogens is 719 g/mol. The topological polar surface area (TPSA) is 149 Å². The number of phosphoric acid groups is 1. The number of allylic oxidation sites excluding steroid dienone is 10. The Morgan fingerprint density at radius 2 is 0.945 bits per heavy atom. The minimum Gasteiger partial charge on any atom is -0.462 e. The zero-order valence-corrected chi connectivity index (χ0v) is 35.3. The molecule has 0 bridgehead atoms. The van der Waals surface area contributed by atoms with E-state index in [1.165, 1.54) is 64.2 Å². The monoisotopic (exact) mass is 797 g/mol. The summed E-state index contributed by atoms with van der Waals surface area (Å²) in [6.45, 7) is 2.26. The molecule has 0 aliphatic rings. The molecule has 55 heavy (non-hydrogen) atoms. The van der Waals surface area contributed by atoms with Crippen LogP contribution >= 0.6 is 7.82 Å². The second kappa shape index (κ2) is 39.9. The van der Waals surface area contributed by atoms with E-state index in [0.29, 0.717) is 12.8 Å². The quantitative estimate of drug-likeness (QED) is 0.0237. The molecule has 3 atom stereocenters. The van der Waals surface area contributed by atoms with Gasteiger partial charge in [0.1, 0.15) is 12.7 Å². The molecule has 0 saturated heterocycles. The summed E-state index contributed by atoms with van der Waals surface area (Å²) < 4.78 is 32.6. The maximum absolute atomic E-state index is 12.6. The third-order valence-electron chi connectivity index (χ3n) is 8.64. The number of phosphoric ester groups is 1. The Hall–Kier alpha value is -2.33. The van der Waals surface area contributed by atoms with Crippen molar-refractivity contribution >= 4 is 19.8 Å². The highest BCUT2D eigenvalue weighted by molar-refractivity contribution is 7.47. The summed E-state index contributed by atoms with van der Waals surface area (Å²) in [5, 5.41) is 18.3. The Morgan fingerprint density at radius 1 is 0.545 bits per heavy atom. The number of unbranched alkanes of at least 4 members (excludes halogenated alkanes) is 15. The summed E-state index contributed by atoms with van der Waals surface area (Å²) in [6.07, 6.45) is 43.3. The summed E-state index contributed by atoms with van der Waals surface area (Å²) in [5.41, 5.74) is 0. The highest BCUT2D eigenvalue weighted by Crippen LogP contribution is 2.43. The summed E-state index contributed by atoms with van der Waals surface area (Å²) in [6, 6.07) is 0. The Balaban J connectivity index is 4.39. The van der Waals surface area contributed by atoms with Crippen LogP contribution in [0.5, 0.6) is 0 Å². The van der Waals surface area contributed by atoms with E-state index in [2.05, 4.69) is 79.1 Å². The lowest BCUT2D eigenvalue weighted by Gasteiger charge is -2.20. The summed E-state index contributed by atoms with van der Waals surface area (Å²) in [4.78, 5) is 34.9. The first-order valence-electron chi connectivity index (χ1n) is 21.2. The van der Waals surface area contributed by atoms with Gasteiger partial charge < -0.3 is 24.6 Å². The molecule has 0 saturated carbocycles. The van der Waals surface area contributed by atoms with E-state index in [0.717, 1.165) is 64.2 Å². The molecule has 0 aliphatic heterocycles. The van der Waals surface area contributed by atoms with Crippen LogP contribution in [0.25, 0.3) is 0 Å². The molecule has 0 aliphatic carbocycles. The first-order valence-corrected chi connectivity index (χ1v) is 22.7. The van der Waals surface area contributed by atoms with Gasteiger partial charge in [0.05, 0.1) is 19.8 Å². The molecule has 318 valence electrons. The van der Waals surface area contributed by atoms with E-state index < -0.39 is 51.8 Å². The lowest BCUT2D eigenvalue weighted by Crippen LogP contribution is -2.29. The third kappa shape index (κ3) is 39.7. The normalized spacial score (nSPS) is 14.5. The highest BCUT2D eigenvalue weighted by atomic mass is 31.2. The number of hydrogen-bond acceptors (Lipinski definition) is 9. The molecule has 0 aromatic carbocycles. The van der Waals surface area contributed by atoms with Gasteiger partial charge in [-0.15, -0.1) is 0 Å². The predicted octanol–water partition coefficient (Wildman–Crippen LogP) is 11.1. The molecule has 3 N–H and O–H groups in total. The molecule has 0 spiro atoms. The van der Waals surface area contributed by atoms with Crippen molar-refractivity contribution in [1.82, 2.24) is 0 Å². The number of aliphatic hydroxyl groups excluding tert-OH is 2. The van der Waals surface area contributed by atoms with E-state index in [9.17, 15) is 24.2 Å². The van der Waals surface area contributed by atoms with Crippen molar-refractivity contribution in [3.8, 4) is 0 Å². The maximum atomic E-state index is 12.6. The Morgan fingerprint density at radius 3 is 1.45 bits per heavy atom. The number of carbonyl (C=O) groups is 2. The van der Waals surface area contributed by atoms with Crippen molar-refractivity contribution in [3.63, 3.8) is 0 Å². The molecule has 1 unspecified atom stereocenters. The van der Waals surface area contributed by atoms with Gasteiger partial charge in [0, 0.05) is 12.8 Å². The molecule has 0 radical (unpaired) electrons. The average Bonchev–Trinajstić information content (AvgIpc) is 3.17. The second-order valence-corrected chi connectivity index (χ2v) is 15.5. The van der Waals surface area contributed by atoms with E-state index in [4.69, 9.17) is 19.1 Å². The van der Waals surface area contributed by atoms with Gasteiger partial charge in [0.2, 0.25) is 0 Å². The van der Waals surface area contributed by atoms with Crippen LogP contribution in [0.4, 0.5) is 0 Å². The molecule has 0 aromatic heterocycles. The van der Waals surface area contributed by atoms with Crippen LogP contribution in [0.2, 0.25) is 0 Å². The first-order chi connectivity index (χ1) is 26.7. The van der Waals surface area contributed by atoms with Crippen molar-refractivity contribution in [1.29, 1.82) is 0 Å². The van der Waals surface area contributed by atoms with Crippen molar-refractivity contribution in [2.24, 2.45) is 0 Å². The largest absolute Gasteiger partial charge is 0.472 e. The van der Waals surface area contributed by atoms with Gasteiger partial charge >= 0.3 is 19.8 Å². The maximum Gasteiger partial charge on any atom is 0.472 e. The van der Waals surface area contributed by atoms with Crippen LogP contribution in [-0.4, -0.2) is 65.7 Å². The predicted molar refractivity (Wildman–Crippen MR) is 224 cm³/mol. The Labute approximate surface area is 334 Å². The Bertz CT molecular complexity index is 1100. The van der Waals surface area contributed by atoms with Gasteiger partial charge in [-0.1, -0.05) is 132 Å². The lowest BCUT2D eigenvalue weighted by atomic mass is 10.1. The molecule has 0 aromatic rings. The SMILES string of the molecule is CCCCC/C=C/C/C=C/C/C=C/CCCCC(=O)O[C@H](COC(=O)CCCCCCCCC/C=C/C/C=C/CCCCC)COP(=O)(O)OC[C@@H](O)CO. The van der Waals surface area contributed by atoms with Gasteiger partial charge in [0.15, 0.2) is 6.10 Å². The number of aliphatic hydroxyl groups is 2. The molecule has 0 fully saturated rings. The molecule has 11 heteroatoms. The van der Waals surface area contributed by atoms with Crippen LogP contribution in [0.15, 0.2) is 60.8 Å². The standard InChI is InChI=1S/C44H77O10P/c1-3-5-7-9-11-13-15-17-19-20-22-23-25-27-29-31-33-35-43(47)51-39-42(40-53-55(49,50)52-38-41(46)37-45)54-44(48)36-34-32-30-28-26-24-21-18-16-14-12-10-8-6-4-2/h11-14,17-19,21,26,28,41-42,45-46H,3-10,15-16,20,22-25,27,29-40H2,1-2H3,(H,49,50)/b13-11+,14-12+,19-17+,21-18+,28-26+/t41-,42+/m0/s1. The summed E-state index contributed by atoms with van der Waals surface area (Å²) >= 11 is 0. The fourth-order valence-corrected chi connectivity index (χ4v) is 6.11. The molecular formula is C44H77O10P. The number of esters is 2. The van der Waals surface area contributed by atoms with Crippen LogP contribution < -0.4 is 0 Å². The van der Waals surface area contributed by atoms with Gasteiger partial charge in [-0.05, 0) is 83.5 Å². The van der Waals surface area contributed by atoms with Crippen molar-refractivity contribution in [2.75, 3.05) is 26.4 Å². The van der Waals surface area contributed by atoms with E-state index in [1.807, 2.05) is 0 Å². The summed E-state index contributed by atoms with van der Waals surface area (Å²) in [7, 11) is -4.63. The van der Waals surface area contributed by atoms with Crippen molar-refractivity contribution in [2.45, 2.75) is 180 Å². The lowest BCUT2D eigenvalue weighted by molar-refractivity contribution is -0.161. The molecule has 0 rings (SSSR count). The molecule has 10 nitrogen and oxygen atoms in total. The van der Waals surface area contributed by atoms with E-state index in [1.54, 1.807) is 0 Å². The Kier molecular flexibility index (Phi) is 38.2. The number of rotatable bonds is 39.